The van der Waals surface area contributed by atoms with Crippen molar-refractivity contribution in [3.63, 3.8) is 0 Å². The van der Waals surface area contributed by atoms with Crippen LogP contribution in [0.25, 0.3) is 75.4 Å². The first-order valence-electron chi connectivity index (χ1n) is 39.2. The first kappa shape index (κ1) is 79.9. The zero-order valence-corrected chi connectivity index (χ0v) is 66.1. The number of benzene rings is 14. The van der Waals surface area contributed by atoms with Crippen LogP contribution in [0.4, 0.5) is 0 Å². The maximum absolute atomic E-state index is 15.8. The van der Waals surface area contributed by atoms with Crippen molar-refractivity contribution in [1.29, 1.82) is 0 Å². The number of fused-ring (bicyclic) bond motifs is 7. The molecule has 0 spiro atoms. The Bertz CT molecular complexity index is 6120. The Labute approximate surface area is 685 Å². The minimum atomic E-state index is -3.03. The number of hydrogen-bond acceptors (Lipinski definition) is 21. The van der Waals surface area contributed by atoms with Gasteiger partial charge in [-0.2, -0.15) is 0 Å². The molecule has 0 radical (unpaired) electrons. The molecule has 16 rings (SSSR count). The smallest absolute Gasteiger partial charge is 0.459 e. The fourth-order valence-electron chi connectivity index (χ4n) is 15.3. The highest BCUT2D eigenvalue weighted by molar-refractivity contribution is 6.60. The van der Waals surface area contributed by atoms with Gasteiger partial charge in [-0.05, 0) is 173 Å². The highest BCUT2D eigenvalue weighted by Crippen LogP contribution is 2.39. The van der Waals surface area contributed by atoms with Gasteiger partial charge in [0.1, 0.15) is 31.5 Å². The van der Waals surface area contributed by atoms with Crippen LogP contribution in [0.1, 0.15) is 91.8 Å². The van der Waals surface area contributed by atoms with Crippen LogP contribution in [-0.2, 0) is 65.4 Å². The van der Waals surface area contributed by atoms with Crippen LogP contribution in [0, 0.1) is 0 Å². The van der Waals surface area contributed by atoms with E-state index in [0.717, 1.165) is 43.1 Å². The maximum atomic E-state index is 15.8. The highest BCUT2D eigenvalue weighted by Gasteiger charge is 2.59. The lowest BCUT2D eigenvalue weighted by Gasteiger charge is -2.48. The molecule has 2 heterocycles. The summed E-state index contributed by atoms with van der Waals surface area (Å²) in [7, 11) is 1.56. The Balaban J connectivity index is 0.869. The van der Waals surface area contributed by atoms with Gasteiger partial charge >= 0.3 is 50.6 Å². The maximum Gasteiger partial charge on any atom is 0.500 e. The predicted octanol–water partition coefficient (Wildman–Crippen LogP) is 17.8. The van der Waals surface area contributed by atoms with E-state index in [2.05, 4.69) is 0 Å². The van der Waals surface area contributed by atoms with Crippen LogP contribution < -0.4 is 0 Å². The van der Waals surface area contributed by atoms with Gasteiger partial charge in [-0.25, -0.2) is 33.6 Å². The molecular formula is C97H82O21Si. The van der Waals surface area contributed by atoms with Crippen molar-refractivity contribution in [3.05, 3.63) is 336 Å². The van der Waals surface area contributed by atoms with Gasteiger partial charge in [0.15, 0.2) is 43.1 Å². The Hall–Kier alpha value is -12.9. The van der Waals surface area contributed by atoms with Gasteiger partial charge in [-0.1, -0.05) is 219 Å². The molecule has 2 saturated heterocycles. The molecule has 119 heavy (non-hydrogen) atoms. The van der Waals surface area contributed by atoms with Gasteiger partial charge in [-0.3, -0.25) is 0 Å². The van der Waals surface area contributed by atoms with E-state index in [9.17, 15) is 9.59 Å². The van der Waals surface area contributed by atoms with Crippen LogP contribution in [0.15, 0.2) is 297 Å². The van der Waals surface area contributed by atoms with E-state index in [0.29, 0.717) is 57.6 Å². The third kappa shape index (κ3) is 18.2. The van der Waals surface area contributed by atoms with Gasteiger partial charge in [0.2, 0.25) is 0 Å². The van der Waals surface area contributed by atoms with Crippen LogP contribution in [0.2, 0.25) is 6.04 Å². The highest BCUT2D eigenvalue weighted by atomic mass is 28.4. The molecule has 14 aromatic rings. The zero-order chi connectivity index (χ0) is 81.9. The van der Waals surface area contributed by atoms with Crippen molar-refractivity contribution >= 4 is 126 Å². The minimum absolute atomic E-state index is 0.00204. The van der Waals surface area contributed by atoms with Crippen molar-refractivity contribution in [2.45, 2.75) is 86.7 Å². The summed E-state index contributed by atoms with van der Waals surface area (Å²) in [5.41, 5.74) is 0.341. The van der Waals surface area contributed by atoms with Crippen LogP contribution in [0.3, 0.4) is 0 Å². The second-order valence-corrected chi connectivity index (χ2v) is 32.2. The normalized spacial score (nSPS) is 19.3. The summed E-state index contributed by atoms with van der Waals surface area (Å²) < 4.78 is 92.5. The molecular weight excluding hydrogens is 1530 g/mol. The second kappa shape index (κ2) is 36.3. The molecule has 0 aromatic heterocycles. The summed E-state index contributed by atoms with van der Waals surface area (Å²) in [5, 5.41) is 10.3. The van der Waals surface area contributed by atoms with Crippen LogP contribution in [0.5, 0.6) is 0 Å². The summed E-state index contributed by atoms with van der Waals surface area (Å²) in [4.78, 5) is 108. The van der Waals surface area contributed by atoms with E-state index in [4.69, 9.17) is 65.4 Å². The second-order valence-electron chi connectivity index (χ2n) is 29.1. The minimum Gasteiger partial charge on any atom is -0.459 e. The van der Waals surface area contributed by atoms with Crippen LogP contribution >= 0.6 is 0 Å². The fourth-order valence-corrected chi connectivity index (χ4v) is 17.1. The number of esters is 7. The van der Waals surface area contributed by atoms with Gasteiger partial charge in [0, 0.05) is 34.0 Å². The Morgan fingerprint density at radius 3 is 0.832 bits per heavy atom. The molecule has 0 unspecified atom stereocenters. The molecule has 0 bridgehead atoms. The lowest BCUT2D eigenvalue weighted by atomic mass is 9.95. The van der Waals surface area contributed by atoms with Gasteiger partial charge < -0.3 is 65.4 Å². The van der Waals surface area contributed by atoms with E-state index in [1.807, 2.05) is 146 Å². The molecule has 0 aliphatic carbocycles. The average Bonchev–Trinajstić information content (AvgIpc) is 0.754. The Kier molecular flexibility index (Phi) is 24.4. The molecule has 2 fully saturated rings. The number of hydrogen-bond donors (Lipinski definition) is 0. The molecule has 0 amide bonds. The van der Waals surface area contributed by atoms with E-state index >= 15 is 24.0 Å². The van der Waals surface area contributed by atoms with Crippen molar-refractivity contribution in [1.82, 2.24) is 0 Å². The molecule has 0 N–H and O–H groups in total. The number of rotatable bonds is 28. The Morgan fingerprint density at radius 1 is 0.269 bits per heavy atom. The molecule has 21 nitrogen and oxygen atoms in total. The average molecular weight is 1610 g/mol. The zero-order valence-electron chi connectivity index (χ0n) is 65.1. The summed E-state index contributed by atoms with van der Waals surface area (Å²) in [6, 6.07) is 86.5. The monoisotopic (exact) mass is 1610 g/mol. The summed E-state index contributed by atoms with van der Waals surface area (Å²) >= 11 is 0. The van der Waals surface area contributed by atoms with E-state index in [1.54, 1.807) is 146 Å². The van der Waals surface area contributed by atoms with Crippen molar-refractivity contribution in [2.75, 3.05) is 41.2 Å². The number of carbonyl (C=O) groups is 7. The fraction of sp³-hybridized carbons (Fsp3) is 0.206. The summed E-state index contributed by atoms with van der Waals surface area (Å²) in [6.07, 6.45) is -17.8. The first-order chi connectivity index (χ1) is 58.1. The van der Waals surface area contributed by atoms with Crippen molar-refractivity contribution in [2.24, 2.45) is 0 Å². The quantitative estimate of drug-likeness (QED) is 0.0191. The van der Waals surface area contributed by atoms with Crippen molar-refractivity contribution in [3.8, 4) is 0 Å². The van der Waals surface area contributed by atoms with E-state index in [-0.39, 0.29) is 45.6 Å². The molecule has 2 aliphatic rings. The molecule has 22 heteroatoms. The molecule has 14 aromatic carbocycles. The van der Waals surface area contributed by atoms with Gasteiger partial charge in [0.05, 0.1) is 38.9 Å². The van der Waals surface area contributed by atoms with E-state index < -0.39 is 125 Å². The number of unbranched alkanes of at least 4 members (excludes halogenated alkanes) is 2. The topological polar surface area (TPSA) is 249 Å². The van der Waals surface area contributed by atoms with Crippen molar-refractivity contribution < 1.29 is 98.9 Å². The summed E-state index contributed by atoms with van der Waals surface area (Å²) in [6.45, 7) is -1.65. The third-order valence-electron chi connectivity index (χ3n) is 21.7. The first-order valence-corrected chi connectivity index (χ1v) is 41.1. The third-order valence-corrected chi connectivity index (χ3v) is 24.5. The van der Waals surface area contributed by atoms with E-state index in [1.165, 1.54) is 27.4 Å². The number of ether oxygens (including phenoxy) is 11. The lowest BCUT2D eigenvalue weighted by molar-refractivity contribution is -0.356. The Morgan fingerprint density at radius 2 is 0.521 bits per heavy atom. The molecule has 2 aliphatic heterocycles. The number of carbonyl (C=O) groups excluding carboxylic acids is 7. The van der Waals surface area contributed by atoms with Crippen LogP contribution in [-0.4, -0.2) is 153 Å². The molecule has 600 valence electrons. The SMILES string of the molecule is CO[Si](CCCCCO[C@@H]1O[C@H](COC(=O)c2ccc3ccccc3c2)[C@@H](O[C@@H]2O[C@H](COC(=O)c3ccc4ccccc4c3)[C@H](OC(=O)c3ccc4ccccc4c3)[C@H](OC(=O)c3ccc4ccccc4c3)[C@H]2OC(=O)c2ccc3ccccc3c2)[C@H](OC(=O)c2ccc3ccccc3c2)[C@H]1OC(=O)c1ccc2ccccc2c1)(OC)OC. The van der Waals surface area contributed by atoms with Gasteiger partial charge in [-0.15, -0.1) is 0 Å². The van der Waals surface area contributed by atoms with Gasteiger partial charge in [0.25, 0.3) is 0 Å². The summed E-state index contributed by atoms with van der Waals surface area (Å²) in [5.74, 6) is -6.67. The standard InChI is InChI=1S/C97H82O21Si/c1-105-119(106-2,107-3)50-20-4-19-49-108-96-87(116-94(103)79-47-40-65-26-10-17-33-72(65)56-79)86(115-93(102)78-46-39-64-25-9-16-32-71(64)55-78)84(82(111-96)59-110-90(99)75-43-36-61-22-6-13-29-68(61)52-75)118-97-88(117-95(104)80-48-41-66-27-11-18-34-73(66)57-80)85(114-92(101)77-45-38-63-24-8-15-31-70(63)54-77)83(113-91(100)76-44-37-62-23-7-14-30-69(62)53-76)81(112-97)58-109-89(98)74-42-35-60-21-5-12-28-67(60)51-74/h5-18,21-48,51-57,81-88,96-97H,4,19-20,49-50,58-59H2,1-3H3/t81-,82-,83+,84-,85+,86+,87-,88-,96-,97+/m1/s1. The lowest BCUT2D eigenvalue weighted by Crippen LogP contribution is -2.67. The molecule has 0 saturated carbocycles. The predicted molar refractivity (Wildman–Crippen MR) is 448 cm³/mol. The largest absolute Gasteiger partial charge is 0.500 e. The molecule has 10 atom stereocenters.